The zero-order chi connectivity index (χ0) is 13.8. The molecule has 0 saturated heterocycles. The van der Waals surface area contributed by atoms with Crippen molar-refractivity contribution in [3.8, 4) is 5.75 Å². The molecule has 1 heterocycles. The van der Waals surface area contributed by atoms with Crippen molar-refractivity contribution in [1.29, 1.82) is 0 Å². The van der Waals surface area contributed by atoms with Gasteiger partial charge in [0, 0.05) is 17.8 Å². The molecule has 0 amide bonds. The summed E-state index contributed by atoms with van der Waals surface area (Å²) in [7, 11) is 0. The van der Waals surface area contributed by atoms with Gasteiger partial charge in [-0.25, -0.2) is 0 Å². The van der Waals surface area contributed by atoms with Gasteiger partial charge in [0.1, 0.15) is 12.4 Å². The van der Waals surface area contributed by atoms with Gasteiger partial charge in [-0.3, -0.25) is 4.98 Å². The molecule has 0 unspecified atom stereocenters. The van der Waals surface area contributed by atoms with Crippen LogP contribution in [0.5, 0.6) is 5.75 Å². The van der Waals surface area contributed by atoms with Crippen LogP contribution in [0.15, 0.2) is 36.5 Å². The van der Waals surface area contributed by atoms with Crippen LogP contribution in [0.1, 0.15) is 35.3 Å². The molecule has 19 heavy (non-hydrogen) atoms. The SMILES string of the molecule is Cc1ccc(OCc2ncccc2C)c([C@H](C)N)c1. The molecular formula is C16H20N2O. The van der Waals surface area contributed by atoms with Crippen LogP contribution in [-0.4, -0.2) is 4.98 Å². The van der Waals surface area contributed by atoms with E-state index in [9.17, 15) is 0 Å². The molecule has 1 aromatic carbocycles. The lowest BCUT2D eigenvalue weighted by Gasteiger charge is -2.15. The molecule has 0 aliphatic carbocycles. The summed E-state index contributed by atoms with van der Waals surface area (Å²) < 4.78 is 5.88. The molecule has 0 spiro atoms. The third-order valence-corrected chi connectivity index (χ3v) is 3.14. The van der Waals surface area contributed by atoms with Crippen molar-refractivity contribution in [2.24, 2.45) is 5.73 Å². The predicted molar refractivity (Wildman–Crippen MR) is 77.1 cm³/mol. The molecule has 1 atom stereocenters. The van der Waals surface area contributed by atoms with Gasteiger partial charge in [0.2, 0.25) is 0 Å². The molecule has 100 valence electrons. The number of nitrogens with zero attached hydrogens (tertiary/aromatic N) is 1. The first-order valence-corrected chi connectivity index (χ1v) is 6.47. The number of nitrogens with two attached hydrogens (primary N) is 1. The van der Waals surface area contributed by atoms with Gasteiger partial charge in [0.05, 0.1) is 5.69 Å². The molecule has 2 aromatic rings. The van der Waals surface area contributed by atoms with Crippen LogP contribution in [0.3, 0.4) is 0 Å². The van der Waals surface area contributed by atoms with Crippen LogP contribution in [-0.2, 0) is 6.61 Å². The fraction of sp³-hybridized carbons (Fsp3) is 0.312. The maximum absolute atomic E-state index is 5.99. The minimum atomic E-state index is -0.0419. The number of rotatable bonds is 4. The average Bonchev–Trinajstić information content (AvgIpc) is 2.38. The van der Waals surface area contributed by atoms with Gasteiger partial charge >= 0.3 is 0 Å². The molecule has 1 aromatic heterocycles. The molecule has 0 aliphatic heterocycles. The Balaban J connectivity index is 2.18. The molecule has 0 saturated carbocycles. The van der Waals surface area contributed by atoms with Crippen LogP contribution >= 0.6 is 0 Å². The molecule has 0 fully saturated rings. The van der Waals surface area contributed by atoms with Gasteiger partial charge in [0.25, 0.3) is 0 Å². The average molecular weight is 256 g/mol. The van der Waals surface area contributed by atoms with Crippen molar-refractivity contribution in [3.05, 3.63) is 58.9 Å². The van der Waals surface area contributed by atoms with Crippen LogP contribution in [0.25, 0.3) is 0 Å². The van der Waals surface area contributed by atoms with Crippen molar-refractivity contribution in [3.63, 3.8) is 0 Å². The summed E-state index contributed by atoms with van der Waals surface area (Å²) in [6, 6.07) is 10.0. The first-order valence-electron chi connectivity index (χ1n) is 6.47. The lowest BCUT2D eigenvalue weighted by molar-refractivity contribution is 0.296. The predicted octanol–water partition coefficient (Wildman–Crippen LogP) is 3.30. The van der Waals surface area contributed by atoms with E-state index in [2.05, 4.69) is 18.0 Å². The molecule has 0 bridgehead atoms. The summed E-state index contributed by atoms with van der Waals surface area (Å²) in [4.78, 5) is 4.33. The number of benzene rings is 1. The number of hydrogen-bond donors (Lipinski definition) is 1. The van der Waals surface area contributed by atoms with Crippen LogP contribution in [0, 0.1) is 13.8 Å². The molecule has 2 rings (SSSR count). The van der Waals surface area contributed by atoms with Gasteiger partial charge < -0.3 is 10.5 Å². The zero-order valence-electron chi connectivity index (χ0n) is 11.7. The fourth-order valence-corrected chi connectivity index (χ4v) is 1.97. The largest absolute Gasteiger partial charge is 0.487 e. The second kappa shape index (κ2) is 5.85. The quantitative estimate of drug-likeness (QED) is 0.913. The van der Waals surface area contributed by atoms with Crippen LogP contribution in [0.4, 0.5) is 0 Å². The Morgan fingerprint density at radius 1 is 1.26 bits per heavy atom. The first-order chi connectivity index (χ1) is 9.08. The molecule has 2 N–H and O–H groups in total. The highest BCUT2D eigenvalue weighted by atomic mass is 16.5. The Kier molecular flexibility index (Phi) is 4.17. The number of hydrogen-bond acceptors (Lipinski definition) is 3. The van der Waals surface area contributed by atoms with Crippen molar-refractivity contribution in [2.75, 3.05) is 0 Å². The Bertz CT molecular complexity index is 564. The minimum absolute atomic E-state index is 0.0419. The van der Waals surface area contributed by atoms with Crippen molar-refractivity contribution >= 4 is 0 Å². The molecule has 0 aliphatic rings. The third-order valence-electron chi connectivity index (χ3n) is 3.14. The van der Waals surface area contributed by atoms with Crippen LogP contribution < -0.4 is 10.5 Å². The minimum Gasteiger partial charge on any atom is -0.487 e. The second-order valence-electron chi connectivity index (χ2n) is 4.89. The topological polar surface area (TPSA) is 48.1 Å². The van der Waals surface area contributed by atoms with E-state index in [-0.39, 0.29) is 6.04 Å². The summed E-state index contributed by atoms with van der Waals surface area (Å²) in [6.07, 6.45) is 1.79. The third kappa shape index (κ3) is 3.32. The van der Waals surface area contributed by atoms with Gasteiger partial charge in [0.15, 0.2) is 0 Å². The maximum Gasteiger partial charge on any atom is 0.130 e. The summed E-state index contributed by atoms with van der Waals surface area (Å²) in [6.45, 7) is 6.52. The number of ether oxygens (including phenoxy) is 1. The highest BCUT2D eigenvalue weighted by Crippen LogP contribution is 2.25. The Labute approximate surface area is 114 Å². The van der Waals surface area contributed by atoms with Gasteiger partial charge in [-0.1, -0.05) is 23.8 Å². The Morgan fingerprint density at radius 3 is 2.74 bits per heavy atom. The van der Waals surface area contributed by atoms with Crippen molar-refractivity contribution < 1.29 is 4.74 Å². The number of pyridine rings is 1. The van der Waals surface area contributed by atoms with E-state index in [4.69, 9.17) is 10.5 Å². The van der Waals surface area contributed by atoms with E-state index in [0.29, 0.717) is 6.61 Å². The van der Waals surface area contributed by atoms with E-state index in [0.717, 1.165) is 22.6 Å². The van der Waals surface area contributed by atoms with E-state index < -0.39 is 0 Å². The lowest BCUT2D eigenvalue weighted by Crippen LogP contribution is -2.09. The molecule has 0 radical (unpaired) electrons. The normalized spacial score (nSPS) is 12.2. The van der Waals surface area contributed by atoms with Gasteiger partial charge in [-0.05, 0) is 38.5 Å². The first kappa shape index (κ1) is 13.6. The highest BCUT2D eigenvalue weighted by molar-refractivity contribution is 5.39. The zero-order valence-corrected chi connectivity index (χ0v) is 11.7. The van der Waals surface area contributed by atoms with Gasteiger partial charge in [-0.15, -0.1) is 0 Å². The second-order valence-corrected chi connectivity index (χ2v) is 4.89. The Morgan fingerprint density at radius 2 is 2.05 bits per heavy atom. The maximum atomic E-state index is 5.99. The van der Waals surface area contributed by atoms with Crippen molar-refractivity contribution in [2.45, 2.75) is 33.4 Å². The lowest BCUT2D eigenvalue weighted by atomic mass is 10.1. The molecule has 3 heteroatoms. The Hall–Kier alpha value is -1.87. The fourth-order valence-electron chi connectivity index (χ4n) is 1.97. The van der Waals surface area contributed by atoms with E-state index in [1.807, 2.05) is 38.1 Å². The van der Waals surface area contributed by atoms with Crippen molar-refractivity contribution in [1.82, 2.24) is 4.98 Å². The van der Waals surface area contributed by atoms with E-state index in [1.54, 1.807) is 6.20 Å². The summed E-state index contributed by atoms with van der Waals surface area (Å²) in [5.74, 6) is 0.839. The van der Waals surface area contributed by atoms with E-state index >= 15 is 0 Å². The summed E-state index contributed by atoms with van der Waals surface area (Å²) >= 11 is 0. The summed E-state index contributed by atoms with van der Waals surface area (Å²) in [5, 5.41) is 0. The molecule has 3 nitrogen and oxygen atoms in total. The van der Waals surface area contributed by atoms with E-state index in [1.165, 1.54) is 5.56 Å². The smallest absolute Gasteiger partial charge is 0.130 e. The number of aromatic nitrogens is 1. The highest BCUT2D eigenvalue weighted by Gasteiger charge is 2.09. The standard InChI is InChI=1S/C16H20N2O/c1-11-6-7-16(14(9-11)13(3)17)19-10-15-12(2)5-4-8-18-15/h4-9,13H,10,17H2,1-3H3/t13-/m0/s1. The van der Waals surface area contributed by atoms with Gasteiger partial charge in [-0.2, -0.15) is 0 Å². The monoisotopic (exact) mass is 256 g/mol. The molecular weight excluding hydrogens is 236 g/mol. The number of aryl methyl sites for hydroxylation is 2. The van der Waals surface area contributed by atoms with Crippen LogP contribution in [0.2, 0.25) is 0 Å². The summed E-state index contributed by atoms with van der Waals surface area (Å²) in [5.41, 5.74) is 10.3.